The second-order valence-electron chi connectivity index (χ2n) is 7.51. The number of aryl methyl sites for hydroxylation is 1. The van der Waals surface area contributed by atoms with Crippen molar-refractivity contribution in [1.29, 1.82) is 0 Å². The fraction of sp³-hybridized carbons (Fsp3) is 0.632. The van der Waals surface area contributed by atoms with Crippen LogP contribution in [0.2, 0.25) is 0 Å². The Kier molecular flexibility index (Phi) is 5.55. The lowest BCUT2D eigenvalue weighted by atomic mass is 9.83. The van der Waals surface area contributed by atoms with Crippen molar-refractivity contribution in [3.8, 4) is 0 Å². The van der Waals surface area contributed by atoms with E-state index >= 15 is 0 Å². The van der Waals surface area contributed by atoms with Crippen LogP contribution in [0.4, 0.5) is 0 Å². The Morgan fingerprint density at radius 3 is 3.12 bits per heavy atom. The van der Waals surface area contributed by atoms with Gasteiger partial charge in [-0.2, -0.15) is 0 Å². The van der Waals surface area contributed by atoms with Crippen LogP contribution in [-0.2, 0) is 11.2 Å². The van der Waals surface area contributed by atoms with E-state index in [4.69, 9.17) is 0 Å². The Bertz CT molecular complexity index is 774. The molecule has 0 saturated carbocycles. The number of carbonyl (C=O) groups is 1. The summed E-state index contributed by atoms with van der Waals surface area (Å²) in [4.78, 5) is 26.9. The van der Waals surface area contributed by atoms with E-state index in [9.17, 15) is 4.79 Å². The van der Waals surface area contributed by atoms with E-state index in [1.54, 1.807) is 6.20 Å². The van der Waals surface area contributed by atoms with Gasteiger partial charge in [0.05, 0.1) is 5.52 Å². The summed E-state index contributed by atoms with van der Waals surface area (Å²) in [6, 6.07) is 2.63. The van der Waals surface area contributed by atoms with Crippen molar-refractivity contribution in [1.82, 2.24) is 25.2 Å². The molecule has 2 aromatic rings. The van der Waals surface area contributed by atoms with Crippen LogP contribution in [0.3, 0.4) is 0 Å². The molecular formula is C19H26BrN5O. The van der Waals surface area contributed by atoms with Gasteiger partial charge in [0, 0.05) is 36.1 Å². The largest absolute Gasteiger partial charge is 0.356 e. The van der Waals surface area contributed by atoms with E-state index < -0.39 is 0 Å². The molecule has 0 aliphatic carbocycles. The molecule has 0 unspecified atom stereocenters. The molecule has 0 aromatic carbocycles. The van der Waals surface area contributed by atoms with Crippen LogP contribution in [0.25, 0.3) is 11.2 Å². The van der Waals surface area contributed by atoms with Gasteiger partial charge in [-0.25, -0.2) is 9.97 Å². The highest BCUT2D eigenvalue weighted by Crippen LogP contribution is 2.30. The van der Waals surface area contributed by atoms with Crippen LogP contribution in [0.5, 0.6) is 0 Å². The highest BCUT2D eigenvalue weighted by Gasteiger charge is 2.32. The molecule has 140 valence electrons. The van der Waals surface area contributed by atoms with Crippen LogP contribution in [0.1, 0.15) is 44.3 Å². The number of aromatic amines is 1. The van der Waals surface area contributed by atoms with Gasteiger partial charge in [-0.15, -0.1) is 0 Å². The first kappa shape index (κ1) is 17.9. The Morgan fingerprint density at radius 1 is 1.31 bits per heavy atom. The predicted molar refractivity (Wildman–Crippen MR) is 105 cm³/mol. The topological polar surface area (TPSA) is 73.9 Å². The lowest BCUT2D eigenvalue weighted by molar-refractivity contribution is -0.121. The van der Waals surface area contributed by atoms with E-state index in [2.05, 4.69) is 41.1 Å². The number of carbonyl (C=O) groups excluding carboxylic acids is 1. The van der Waals surface area contributed by atoms with E-state index in [1.807, 2.05) is 6.07 Å². The number of hydrogen-bond donors (Lipinski definition) is 2. The molecule has 1 amide bonds. The normalized spacial score (nSPS) is 23.7. The molecular weight excluding hydrogens is 394 g/mol. The molecule has 0 radical (unpaired) electrons. The van der Waals surface area contributed by atoms with Gasteiger partial charge in [0.1, 0.15) is 5.82 Å². The zero-order valence-electron chi connectivity index (χ0n) is 15.0. The first-order valence-corrected chi connectivity index (χ1v) is 10.5. The fourth-order valence-corrected chi connectivity index (χ4v) is 4.75. The van der Waals surface area contributed by atoms with Crippen molar-refractivity contribution >= 4 is 33.0 Å². The third kappa shape index (κ3) is 4.09. The van der Waals surface area contributed by atoms with Gasteiger partial charge in [-0.1, -0.05) is 6.42 Å². The SMILES string of the molecule is O=C(CCc1nc2ncc(Br)cc2[nH]1)NC[C@@H]1CCCN2CCCC[C@H]12. The number of rotatable bonds is 5. The van der Waals surface area contributed by atoms with E-state index in [0.717, 1.165) is 22.4 Å². The van der Waals surface area contributed by atoms with Gasteiger partial charge >= 0.3 is 0 Å². The van der Waals surface area contributed by atoms with Crippen LogP contribution in [-0.4, -0.2) is 51.4 Å². The summed E-state index contributed by atoms with van der Waals surface area (Å²) in [5.41, 5.74) is 1.59. The standard InChI is InChI=1S/C19H26BrN5O/c20-14-10-15-19(22-12-14)24-17(23-15)6-7-18(26)21-11-13-4-3-9-25-8-2-1-5-16(13)25/h10,12-13,16H,1-9,11H2,(H,21,26)(H,22,23,24)/t13-,16+/m0/s1. The Labute approximate surface area is 162 Å². The number of aromatic nitrogens is 3. The van der Waals surface area contributed by atoms with Gasteiger partial charge in [-0.05, 0) is 66.7 Å². The lowest BCUT2D eigenvalue weighted by Crippen LogP contribution is -2.51. The highest BCUT2D eigenvalue weighted by molar-refractivity contribution is 9.10. The number of amides is 1. The van der Waals surface area contributed by atoms with E-state index in [1.165, 1.54) is 45.2 Å². The van der Waals surface area contributed by atoms with Crippen LogP contribution in [0.15, 0.2) is 16.7 Å². The summed E-state index contributed by atoms with van der Waals surface area (Å²) in [6.45, 7) is 3.30. The lowest BCUT2D eigenvalue weighted by Gasteiger charge is -2.44. The van der Waals surface area contributed by atoms with Crippen LogP contribution >= 0.6 is 15.9 Å². The minimum atomic E-state index is 0.118. The molecule has 2 aliphatic heterocycles. The Balaban J connectivity index is 1.27. The number of pyridine rings is 1. The third-order valence-corrected chi connectivity index (χ3v) is 6.17. The molecule has 2 atom stereocenters. The molecule has 0 bridgehead atoms. The summed E-state index contributed by atoms with van der Waals surface area (Å²) in [5.74, 6) is 1.55. The van der Waals surface area contributed by atoms with Crippen LogP contribution in [0, 0.1) is 5.92 Å². The quantitative estimate of drug-likeness (QED) is 0.780. The van der Waals surface area contributed by atoms with Gasteiger partial charge < -0.3 is 15.2 Å². The maximum absolute atomic E-state index is 12.3. The minimum Gasteiger partial charge on any atom is -0.356 e. The maximum Gasteiger partial charge on any atom is 0.220 e. The van der Waals surface area contributed by atoms with E-state index in [-0.39, 0.29) is 5.91 Å². The zero-order valence-corrected chi connectivity index (χ0v) is 16.6. The number of fused-ring (bicyclic) bond motifs is 2. The van der Waals surface area contributed by atoms with Gasteiger partial charge in [0.25, 0.3) is 0 Å². The number of nitrogens with zero attached hydrogens (tertiary/aromatic N) is 3. The number of nitrogens with one attached hydrogen (secondary N) is 2. The molecule has 6 nitrogen and oxygen atoms in total. The van der Waals surface area contributed by atoms with Gasteiger partial charge in [0.15, 0.2) is 5.65 Å². The average Bonchev–Trinajstić information content (AvgIpc) is 3.06. The highest BCUT2D eigenvalue weighted by atomic mass is 79.9. The van der Waals surface area contributed by atoms with Gasteiger partial charge in [0.2, 0.25) is 5.91 Å². The average molecular weight is 420 g/mol. The van der Waals surface area contributed by atoms with Crippen molar-refractivity contribution in [3.63, 3.8) is 0 Å². The Hall–Kier alpha value is -1.47. The van der Waals surface area contributed by atoms with E-state index in [0.29, 0.717) is 30.4 Å². The first-order chi connectivity index (χ1) is 12.7. The van der Waals surface area contributed by atoms with Gasteiger partial charge in [-0.3, -0.25) is 4.79 Å². The molecule has 7 heteroatoms. The van der Waals surface area contributed by atoms with Crippen molar-refractivity contribution in [2.75, 3.05) is 19.6 Å². The summed E-state index contributed by atoms with van der Waals surface area (Å²) in [6.07, 6.45) is 9.27. The zero-order chi connectivity index (χ0) is 17.9. The smallest absolute Gasteiger partial charge is 0.220 e. The molecule has 2 fully saturated rings. The van der Waals surface area contributed by atoms with Crippen LogP contribution < -0.4 is 5.32 Å². The molecule has 2 N–H and O–H groups in total. The Morgan fingerprint density at radius 2 is 2.19 bits per heavy atom. The molecule has 0 spiro atoms. The third-order valence-electron chi connectivity index (χ3n) is 5.73. The molecule has 2 aromatic heterocycles. The minimum absolute atomic E-state index is 0.118. The number of piperidine rings is 2. The second-order valence-corrected chi connectivity index (χ2v) is 8.43. The molecule has 26 heavy (non-hydrogen) atoms. The molecule has 2 aliphatic rings. The summed E-state index contributed by atoms with van der Waals surface area (Å²) in [7, 11) is 0. The summed E-state index contributed by atoms with van der Waals surface area (Å²) < 4.78 is 0.919. The van der Waals surface area contributed by atoms with Crippen molar-refractivity contribution in [2.24, 2.45) is 5.92 Å². The summed E-state index contributed by atoms with van der Waals surface area (Å²) >= 11 is 3.41. The fourth-order valence-electron chi connectivity index (χ4n) is 4.42. The number of imidazole rings is 1. The van der Waals surface area contributed by atoms with Crippen molar-refractivity contribution in [3.05, 3.63) is 22.6 Å². The molecule has 4 heterocycles. The number of halogens is 1. The monoisotopic (exact) mass is 419 g/mol. The molecule has 2 saturated heterocycles. The second kappa shape index (κ2) is 8.05. The summed E-state index contributed by atoms with van der Waals surface area (Å²) in [5, 5.41) is 3.17. The first-order valence-electron chi connectivity index (χ1n) is 9.70. The maximum atomic E-state index is 12.3. The van der Waals surface area contributed by atoms with Crippen molar-refractivity contribution in [2.45, 2.75) is 51.0 Å². The predicted octanol–water partition coefficient (Wildman–Crippen LogP) is 3.03. The molecule has 4 rings (SSSR count). The number of hydrogen-bond acceptors (Lipinski definition) is 4. The van der Waals surface area contributed by atoms with Crippen molar-refractivity contribution < 1.29 is 4.79 Å². The number of H-pyrrole nitrogens is 1.